The Kier molecular flexibility index (Phi) is 3.18. The van der Waals surface area contributed by atoms with Gasteiger partial charge >= 0.3 is 0 Å². The third kappa shape index (κ3) is 2.45. The average Bonchev–Trinajstić information content (AvgIpc) is 2.47. The molecule has 0 amide bonds. The average molecular weight is 257 g/mol. The molecular weight excluding hydrogens is 242 g/mol. The molecule has 0 atom stereocenters. The molecule has 0 spiro atoms. The maximum Gasteiger partial charge on any atom is 0.223 e. The van der Waals surface area contributed by atoms with E-state index in [1.807, 2.05) is 31.2 Å². The van der Waals surface area contributed by atoms with Crippen LogP contribution in [-0.2, 0) is 0 Å². The standard InChI is InChI=1S/C14H15N3O2/c1-2-15-14-16-6-5-11(17-14)10-3-4-12-13(9-10)19-8-7-18-12/h3-6,9H,2,7-8H2,1H3,(H,15,16,17). The molecule has 5 heteroatoms. The fourth-order valence-corrected chi connectivity index (χ4v) is 1.97. The van der Waals surface area contributed by atoms with Crippen molar-refractivity contribution in [1.29, 1.82) is 0 Å². The first kappa shape index (κ1) is 11.8. The lowest BCUT2D eigenvalue weighted by Crippen LogP contribution is -2.15. The summed E-state index contributed by atoms with van der Waals surface area (Å²) in [5.74, 6) is 2.19. The van der Waals surface area contributed by atoms with Crippen LogP contribution in [-0.4, -0.2) is 29.7 Å². The van der Waals surface area contributed by atoms with Crippen LogP contribution in [0.25, 0.3) is 11.3 Å². The quantitative estimate of drug-likeness (QED) is 0.914. The van der Waals surface area contributed by atoms with Gasteiger partial charge in [-0.3, -0.25) is 0 Å². The number of anilines is 1. The number of ether oxygens (including phenoxy) is 2. The first-order chi connectivity index (χ1) is 9.36. The van der Waals surface area contributed by atoms with Gasteiger partial charge in [-0.05, 0) is 31.2 Å². The van der Waals surface area contributed by atoms with E-state index in [0.29, 0.717) is 19.2 Å². The van der Waals surface area contributed by atoms with Crippen molar-refractivity contribution in [3.63, 3.8) is 0 Å². The first-order valence-electron chi connectivity index (χ1n) is 6.34. The molecule has 0 unspecified atom stereocenters. The lowest BCUT2D eigenvalue weighted by atomic mass is 10.1. The zero-order chi connectivity index (χ0) is 13.1. The molecule has 98 valence electrons. The highest BCUT2D eigenvalue weighted by Gasteiger charge is 2.13. The zero-order valence-corrected chi connectivity index (χ0v) is 10.7. The predicted molar refractivity (Wildman–Crippen MR) is 72.6 cm³/mol. The molecule has 1 aliphatic rings. The van der Waals surface area contributed by atoms with Gasteiger partial charge < -0.3 is 14.8 Å². The van der Waals surface area contributed by atoms with Crippen molar-refractivity contribution in [2.75, 3.05) is 25.1 Å². The monoisotopic (exact) mass is 257 g/mol. The molecule has 1 N–H and O–H groups in total. The van der Waals surface area contributed by atoms with Gasteiger partial charge in [0.1, 0.15) is 13.2 Å². The fraction of sp³-hybridized carbons (Fsp3) is 0.286. The highest BCUT2D eigenvalue weighted by atomic mass is 16.6. The molecule has 2 heterocycles. The SMILES string of the molecule is CCNc1nccc(-c2ccc3c(c2)OCCO3)n1. The zero-order valence-electron chi connectivity index (χ0n) is 10.7. The summed E-state index contributed by atoms with van der Waals surface area (Å²) >= 11 is 0. The Labute approximate surface area is 111 Å². The second-order valence-corrected chi connectivity index (χ2v) is 4.15. The molecule has 0 fully saturated rings. The molecule has 0 saturated carbocycles. The van der Waals surface area contributed by atoms with Crippen molar-refractivity contribution in [2.24, 2.45) is 0 Å². The largest absolute Gasteiger partial charge is 0.486 e. The van der Waals surface area contributed by atoms with Gasteiger partial charge in [0.15, 0.2) is 11.5 Å². The topological polar surface area (TPSA) is 56.3 Å². The summed E-state index contributed by atoms with van der Waals surface area (Å²) in [5.41, 5.74) is 1.86. The van der Waals surface area contributed by atoms with Gasteiger partial charge in [0, 0.05) is 18.3 Å². The summed E-state index contributed by atoms with van der Waals surface area (Å²) in [6.45, 7) is 4.00. The van der Waals surface area contributed by atoms with Gasteiger partial charge in [-0.15, -0.1) is 0 Å². The molecule has 0 aliphatic carbocycles. The van der Waals surface area contributed by atoms with Gasteiger partial charge in [-0.2, -0.15) is 0 Å². The van der Waals surface area contributed by atoms with Gasteiger partial charge in [0.05, 0.1) is 5.69 Å². The Morgan fingerprint density at radius 3 is 2.84 bits per heavy atom. The predicted octanol–water partition coefficient (Wildman–Crippen LogP) is 2.35. The van der Waals surface area contributed by atoms with Crippen LogP contribution in [0.4, 0.5) is 5.95 Å². The van der Waals surface area contributed by atoms with Gasteiger partial charge in [0.2, 0.25) is 5.95 Å². The van der Waals surface area contributed by atoms with Crippen LogP contribution in [0.3, 0.4) is 0 Å². The van der Waals surface area contributed by atoms with Crippen LogP contribution in [0.2, 0.25) is 0 Å². The molecular formula is C14H15N3O2. The molecule has 19 heavy (non-hydrogen) atoms. The molecule has 0 radical (unpaired) electrons. The molecule has 1 aromatic heterocycles. The number of hydrogen-bond acceptors (Lipinski definition) is 5. The fourth-order valence-electron chi connectivity index (χ4n) is 1.97. The van der Waals surface area contributed by atoms with E-state index in [1.165, 1.54) is 0 Å². The van der Waals surface area contributed by atoms with Crippen molar-refractivity contribution in [1.82, 2.24) is 9.97 Å². The lowest BCUT2D eigenvalue weighted by Gasteiger charge is -2.18. The van der Waals surface area contributed by atoms with Crippen LogP contribution < -0.4 is 14.8 Å². The molecule has 2 aromatic rings. The maximum atomic E-state index is 5.58. The van der Waals surface area contributed by atoms with Crippen molar-refractivity contribution < 1.29 is 9.47 Å². The molecule has 3 rings (SSSR count). The van der Waals surface area contributed by atoms with Gasteiger partial charge in [0.25, 0.3) is 0 Å². The molecule has 0 bridgehead atoms. The van der Waals surface area contributed by atoms with E-state index in [2.05, 4.69) is 15.3 Å². The van der Waals surface area contributed by atoms with Crippen molar-refractivity contribution >= 4 is 5.95 Å². The highest BCUT2D eigenvalue weighted by molar-refractivity contribution is 5.64. The maximum absolute atomic E-state index is 5.58. The van der Waals surface area contributed by atoms with Crippen molar-refractivity contribution in [3.8, 4) is 22.8 Å². The van der Waals surface area contributed by atoms with Crippen LogP contribution in [0.1, 0.15) is 6.92 Å². The van der Waals surface area contributed by atoms with E-state index in [1.54, 1.807) is 6.20 Å². The normalized spacial score (nSPS) is 13.1. The van der Waals surface area contributed by atoms with Crippen LogP contribution in [0.5, 0.6) is 11.5 Å². The van der Waals surface area contributed by atoms with Crippen LogP contribution in [0.15, 0.2) is 30.5 Å². The Hall–Kier alpha value is -2.30. The minimum atomic E-state index is 0.586. The van der Waals surface area contributed by atoms with Crippen LogP contribution >= 0.6 is 0 Å². The van der Waals surface area contributed by atoms with E-state index < -0.39 is 0 Å². The second-order valence-electron chi connectivity index (χ2n) is 4.15. The molecule has 1 aromatic carbocycles. The minimum absolute atomic E-state index is 0.586. The number of nitrogens with zero attached hydrogens (tertiary/aromatic N) is 2. The number of nitrogens with one attached hydrogen (secondary N) is 1. The number of benzene rings is 1. The number of rotatable bonds is 3. The summed E-state index contributed by atoms with van der Waals surface area (Å²) in [5, 5.41) is 3.10. The first-order valence-corrected chi connectivity index (χ1v) is 6.34. The molecule has 0 saturated heterocycles. The van der Waals surface area contributed by atoms with E-state index in [0.717, 1.165) is 29.3 Å². The third-order valence-electron chi connectivity index (χ3n) is 2.83. The second kappa shape index (κ2) is 5.14. The number of hydrogen-bond donors (Lipinski definition) is 1. The minimum Gasteiger partial charge on any atom is -0.486 e. The van der Waals surface area contributed by atoms with Crippen molar-refractivity contribution in [3.05, 3.63) is 30.5 Å². The van der Waals surface area contributed by atoms with E-state index in [4.69, 9.17) is 9.47 Å². The Morgan fingerprint density at radius 2 is 2.00 bits per heavy atom. The summed E-state index contributed by atoms with van der Waals surface area (Å²) in [6.07, 6.45) is 1.75. The third-order valence-corrected chi connectivity index (χ3v) is 2.83. The molecule has 1 aliphatic heterocycles. The Morgan fingerprint density at radius 1 is 1.16 bits per heavy atom. The van der Waals surface area contributed by atoms with E-state index >= 15 is 0 Å². The smallest absolute Gasteiger partial charge is 0.223 e. The highest BCUT2D eigenvalue weighted by Crippen LogP contribution is 2.33. The number of fused-ring (bicyclic) bond motifs is 1. The van der Waals surface area contributed by atoms with Crippen molar-refractivity contribution in [2.45, 2.75) is 6.92 Å². The van der Waals surface area contributed by atoms with E-state index in [9.17, 15) is 0 Å². The number of aromatic nitrogens is 2. The Bertz CT molecular complexity index is 587. The van der Waals surface area contributed by atoms with Gasteiger partial charge in [-0.25, -0.2) is 9.97 Å². The summed E-state index contributed by atoms with van der Waals surface area (Å²) < 4.78 is 11.1. The van der Waals surface area contributed by atoms with E-state index in [-0.39, 0.29) is 0 Å². The van der Waals surface area contributed by atoms with Crippen LogP contribution in [0, 0.1) is 0 Å². The summed E-state index contributed by atoms with van der Waals surface area (Å²) in [4.78, 5) is 8.63. The Balaban J connectivity index is 1.95. The summed E-state index contributed by atoms with van der Waals surface area (Å²) in [6, 6.07) is 7.73. The lowest BCUT2D eigenvalue weighted by molar-refractivity contribution is 0.171. The van der Waals surface area contributed by atoms with Gasteiger partial charge in [-0.1, -0.05) is 0 Å². The molecule has 5 nitrogen and oxygen atoms in total. The summed E-state index contributed by atoms with van der Waals surface area (Å²) in [7, 11) is 0.